The first-order valence-electron chi connectivity index (χ1n) is 6.02. The Morgan fingerprint density at radius 2 is 2.00 bits per heavy atom. The molecule has 1 rings (SSSR count). The quantitative estimate of drug-likeness (QED) is 0.717. The van der Waals surface area contributed by atoms with Crippen molar-refractivity contribution in [1.82, 2.24) is 0 Å². The highest BCUT2D eigenvalue weighted by molar-refractivity contribution is 9.10. The molecule has 0 aliphatic carbocycles. The molecule has 0 spiro atoms. The first-order valence-corrected chi connectivity index (χ1v) is 6.81. The maximum Gasteiger partial charge on any atom is 0.119 e. The van der Waals surface area contributed by atoms with Gasteiger partial charge in [0.25, 0.3) is 0 Å². The van der Waals surface area contributed by atoms with Crippen molar-refractivity contribution in [3.63, 3.8) is 0 Å². The predicted octanol–water partition coefficient (Wildman–Crippen LogP) is 2.14. The number of rotatable bonds is 8. The maximum atomic E-state index is 9.68. The van der Waals surface area contributed by atoms with Crippen LogP contribution in [0.2, 0.25) is 0 Å². The van der Waals surface area contributed by atoms with E-state index in [9.17, 15) is 5.11 Å². The highest BCUT2D eigenvalue weighted by atomic mass is 79.9. The monoisotopic (exact) mass is 330 g/mol. The Kier molecular flexibility index (Phi) is 7.74. The molecule has 0 heterocycles. The lowest BCUT2D eigenvalue weighted by Crippen LogP contribution is -2.23. The minimum Gasteiger partial charge on any atom is -0.491 e. The molecule has 1 aromatic rings. The van der Waals surface area contributed by atoms with Crippen LogP contribution in [-0.4, -0.2) is 42.7 Å². The number of hydrogen-bond donors (Lipinski definition) is 2. The molecule has 0 aromatic heterocycles. The van der Waals surface area contributed by atoms with Crippen LogP contribution in [0.5, 0.6) is 5.75 Å². The summed E-state index contributed by atoms with van der Waals surface area (Å²) in [5.74, 6) is 0.707. The molecule has 0 saturated carbocycles. The molecule has 0 aliphatic heterocycles. The van der Waals surface area contributed by atoms with E-state index >= 15 is 0 Å². The second-order valence-electron chi connectivity index (χ2n) is 4.17. The van der Waals surface area contributed by atoms with E-state index in [0.29, 0.717) is 12.4 Å². The minimum atomic E-state index is -0.675. The molecule has 0 aliphatic rings. The third-order valence-electron chi connectivity index (χ3n) is 2.34. The first kappa shape index (κ1) is 16.2. The Bertz CT molecular complexity index is 389. The summed E-state index contributed by atoms with van der Waals surface area (Å²) in [4.78, 5) is 0. The van der Waals surface area contributed by atoms with Gasteiger partial charge < -0.3 is 19.7 Å². The zero-order valence-corrected chi connectivity index (χ0v) is 12.5. The number of benzene rings is 1. The second kappa shape index (κ2) is 9.09. The van der Waals surface area contributed by atoms with Gasteiger partial charge in [0.1, 0.15) is 18.5 Å². The lowest BCUT2D eigenvalue weighted by atomic mass is 10.3. The smallest absolute Gasteiger partial charge is 0.119 e. The van der Waals surface area contributed by atoms with Crippen LogP contribution >= 0.6 is 15.9 Å². The van der Waals surface area contributed by atoms with Crippen LogP contribution in [0, 0.1) is 0 Å². The van der Waals surface area contributed by atoms with Crippen LogP contribution in [0.1, 0.15) is 6.92 Å². The molecule has 106 valence electrons. The lowest BCUT2D eigenvalue weighted by molar-refractivity contribution is 0.0193. The average molecular weight is 331 g/mol. The molecule has 4 nitrogen and oxygen atoms in total. The topological polar surface area (TPSA) is 58.9 Å². The van der Waals surface area contributed by atoms with E-state index in [1.54, 1.807) is 6.08 Å². The first-order chi connectivity index (χ1) is 9.11. The van der Waals surface area contributed by atoms with E-state index in [1.165, 1.54) is 0 Å². The summed E-state index contributed by atoms with van der Waals surface area (Å²) in [5, 5.41) is 18.4. The molecule has 0 radical (unpaired) electrons. The summed E-state index contributed by atoms with van der Waals surface area (Å²) >= 11 is 3.34. The van der Waals surface area contributed by atoms with Gasteiger partial charge >= 0.3 is 0 Å². The van der Waals surface area contributed by atoms with Crippen molar-refractivity contribution < 1.29 is 19.7 Å². The fourth-order valence-corrected chi connectivity index (χ4v) is 1.61. The van der Waals surface area contributed by atoms with E-state index in [1.807, 2.05) is 31.2 Å². The van der Waals surface area contributed by atoms with Gasteiger partial charge in [-0.2, -0.15) is 0 Å². The van der Waals surface area contributed by atoms with Crippen LogP contribution < -0.4 is 4.74 Å². The molecule has 0 amide bonds. The standard InChI is InChI=1S/C14H19BrO4/c1-11(6-7-16)8-18-9-13(17)10-19-14-4-2-12(15)3-5-14/h2-6,13,16-17H,7-10H2,1H3/b11-6-/t13-/m0/s1. The zero-order chi connectivity index (χ0) is 14.1. The van der Waals surface area contributed by atoms with Gasteiger partial charge in [-0.3, -0.25) is 0 Å². The van der Waals surface area contributed by atoms with E-state index in [4.69, 9.17) is 14.6 Å². The summed E-state index contributed by atoms with van der Waals surface area (Å²) < 4.78 is 11.7. The number of aliphatic hydroxyl groups excluding tert-OH is 2. The summed E-state index contributed by atoms with van der Waals surface area (Å²) in [5.41, 5.74) is 0.934. The van der Waals surface area contributed by atoms with Gasteiger partial charge in [-0.25, -0.2) is 0 Å². The maximum absolute atomic E-state index is 9.68. The molecule has 1 atom stereocenters. The summed E-state index contributed by atoms with van der Waals surface area (Å²) in [6.07, 6.45) is 0.996. The summed E-state index contributed by atoms with van der Waals surface area (Å²) in [6, 6.07) is 7.40. The lowest BCUT2D eigenvalue weighted by Gasteiger charge is -2.13. The van der Waals surface area contributed by atoms with Crippen molar-refractivity contribution in [2.75, 3.05) is 26.4 Å². The van der Waals surface area contributed by atoms with E-state index < -0.39 is 6.10 Å². The van der Waals surface area contributed by atoms with Crippen LogP contribution in [0.4, 0.5) is 0 Å². The summed E-state index contributed by atoms with van der Waals surface area (Å²) in [6.45, 7) is 2.65. The Balaban J connectivity index is 2.19. The molecule has 0 saturated heterocycles. The van der Waals surface area contributed by atoms with Gasteiger partial charge in [-0.15, -0.1) is 0 Å². The average Bonchev–Trinajstić information content (AvgIpc) is 2.38. The fraction of sp³-hybridized carbons (Fsp3) is 0.429. The van der Waals surface area contributed by atoms with Gasteiger partial charge in [0.15, 0.2) is 0 Å². The van der Waals surface area contributed by atoms with Crippen molar-refractivity contribution in [1.29, 1.82) is 0 Å². The number of aliphatic hydroxyl groups is 2. The third-order valence-corrected chi connectivity index (χ3v) is 2.86. The van der Waals surface area contributed by atoms with E-state index in [0.717, 1.165) is 10.0 Å². The van der Waals surface area contributed by atoms with Crippen LogP contribution in [-0.2, 0) is 4.74 Å². The van der Waals surface area contributed by atoms with Gasteiger partial charge in [0.2, 0.25) is 0 Å². The normalized spacial score (nSPS) is 13.4. The van der Waals surface area contributed by atoms with E-state index in [2.05, 4.69) is 15.9 Å². The molecular weight excluding hydrogens is 312 g/mol. The molecule has 19 heavy (non-hydrogen) atoms. The predicted molar refractivity (Wildman–Crippen MR) is 77.3 cm³/mol. The van der Waals surface area contributed by atoms with Gasteiger partial charge in [-0.1, -0.05) is 22.0 Å². The Morgan fingerprint density at radius 1 is 1.32 bits per heavy atom. The molecule has 0 unspecified atom stereocenters. The van der Waals surface area contributed by atoms with Gasteiger partial charge in [-0.05, 0) is 36.8 Å². The van der Waals surface area contributed by atoms with Crippen molar-refractivity contribution in [2.24, 2.45) is 0 Å². The minimum absolute atomic E-state index is 0.00439. The van der Waals surface area contributed by atoms with Crippen molar-refractivity contribution in [2.45, 2.75) is 13.0 Å². The highest BCUT2D eigenvalue weighted by Gasteiger charge is 2.05. The number of ether oxygens (including phenoxy) is 2. The molecular formula is C14H19BrO4. The molecule has 2 N–H and O–H groups in total. The van der Waals surface area contributed by atoms with Crippen molar-refractivity contribution >= 4 is 15.9 Å². The third kappa shape index (κ3) is 7.32. The van der Waals surface area contributed by atoms with E-state index in [-0.39, 0.29) is 19.8 Å². The molecule has 0 bridgehead atoms. The SMILES string of the molecule is C/C(=C/CO)COC[C@H](O)COc1ccc(Br)cc1. The molecule has 1 aromatic carbocycles. The van der Waals surface area contributed by atoms with Crippen LogP contribution in [0.3, 0.4) is 0 Å². The van der Waals surface area contributed by atoms with Gasteiger partial charge in [0.05, 0.1) is 19.8 Å². The largest absolute Gasteiger partial charge is 0.491 e. The summed E-state index contributed by atoms with van der Waals surface area (Å²) in [7, 11) is 0. The zero-order valence-electron chi connectivity index (χ0n) is 10.9. The van der Waals surface area contributed by atoms with Crippen LogP contribution in [0.25, 0.3) is 0 Å². The Hall–Kier alpha value is -0.880. The fourth-order valence-electron chi connectivity index (χ4n) is 1.34. The number of hydrogen-bond acceptors (Lipinski definition) is 4. The Morgan fingerprint density at radius 3 is 2.63 bits per heavy atom. The number of halogens is 1. The molecule has 0 fully saturated rings. The van der Waals surface area contributed by atoms with Crippen molar-refractivity contribution in [3.8, 4) is 5.75 Å². The van der Waals surface area contributed by atoms with Crippen molar-refractivity contribution in [3.05, 3.63) is 40.4 Å². The molecule has 5 heteroatoms. The second-order valence-corrected chi connectivity index (χ2v) is 5.08. The Labute approximate surface area is 121 Å². The van der Waals surface area contributed by atoms with Crippen LogP contribution in [0.15, 0.2) is 40.4 Å². The highest BCUT2D eigenvalue weighted by Crippen LogP contribution is 2.16. The van der Waals surface area contributed by atoms with Gasteiger partial charge in [0, 0.05) is 4.47 Å².